The van der Waals surface area contributed by atoms with Crippen LogP contribution in [0.4, 0.5) is 0 Å². The highest BCUT2D eigenvalue weighted by atomic mass is 16.5. The van der Waals surface area contributed by atoms with Gasteiger partial charge in [-0.1, -0.05) is 18.2 Å². The Morgan fingerprint density at radius 2 is 1.94 bits per heavy atom. The van der Waals surface area contributed by atoms with Crippen molar-refractivity contribution in [2.45, 2.75) is 20.3 Å². The average Bonchev–Trinajstić information content (AvgIpc) is 2.69. The fourth-order valence-corrected chi connectivity index (χ4v) is 1.91. The molecule has 0 spiro atoms. The normalized spacial score (nSPS) is 10.5. The topological polar surface area (TPSA) is 27.1 Å². The number of ether oxygens (including phenoxy) is 1. The Morgan fingerprint density at radius 3 is 2.53 bits per heavy atom. The largest absolute Gasteiger partial charge is 0.493 e. The van der Waals surface area contributed by atoms with E-state index >= 15 is 0 Å². The summed E-state index contributed by atoms with van der Waals surface area (Å²) in [7, 11) is 2.00. The van der Waals surface area contributed by atoms with Gasteiger partial charge < -0.3 is 9.30 Å². The van der Waals surface area contributed by atoms with Gasteiger partial charge in [0.1, 0.15) is 11.6 Å². The maximum atomic E-state index is 5.84. The van der Waals surface area contributed by atoms with E-state index in [9.17, 15) is 0 Å². The van der Waals surface area contributed by atoms with Gasteiger partial charge in [-0.25, -0.2) is 4.98 Å². The first-order valence-electron chi connectivity index (χ1n) is 5.83. The SMILES string of the molecule is Cc1cccc(C)c1OCCc1nccn1C. The van der Waals surface area contributed by atoms with E-state index in [1.807, 2.05) is 24.0 Å². The lowest BCUT2D eigenvalue weighted by Crippen LogP contribution is -2.07. The first-order chi connectivity index (χ1) is 8.18. The van der Waals surface area contributed by atoms with Gasteiger partial charge in [0.25, 0.3) is 0 Å². The van der Waals surface area contributed by atoms with Crippen LogP contribution in [0.25, 0.3) is 0 Å². The van der Waals surface area contributed by atoms with Crippen molar-refractivity contribution in [2.75, 3.05) is 6.61 Å². The van der Waals surface area contributed by atoms with E-state index in [1.54, 1.807) is 0 Å². The molecule has 0 aliphatic carbocycles. The summed E-state index contributed by atoms with van der Waals surface area (Å²) >= 11 is 0. The number of imidazole rings is 1. The summed E-state index contributed by atoms with van der Waals surface area (Å²) in [5.41, 5.74) is 2.37. The molecule has 0 unspecified atom stereocenters. The summed E-state index contributed by atoms with van der Waals surface area (Å²) in [6, 6.07) is 6.20. The molecule has 0 saturated carbocycles. The predicted octanol–water partition coefficient (Wildman–Crippen LogP) is 2.66. The van der Waals surface area contributed by atoms with Gasteiger partial charge in [0, 0.05) is 25.9 Å². The van der Waals surface area contributed by atoms with Crippen molar-refractivity contribution in [1.82, 2.24) is 9.55 Å². The molecule has 0 amide bonds. The zero-order chi connectivity index (χ0) is 12.3. The van der Waals surface area contributed by atoms with Crippen LogP contribution in [0.2, 0.25) is 0 Å². The summed E-state index contributed by atoms with van der Waals surface area (Å²) in [5, 5.41) is 0. The van der Waals surface area contributed by atoms with Gasteiger partial charge >= 0.3 is 0 Å². The predicted molar refractivity (Wildman–Crippen MR) is 68.3 cm³/mol. The minimum atomic E-state index is 0.663. The fraction of sp³-hybridized carbons (Fsp3) is 0.357. The van der Waals surface area contributed by atoms with Crippen molar-refractivity contribution in [3.8, 4) is 5.75 Å². The fourth-order valence-electron chi connectivity index (χ4n) is 1.91. The summed E-state index contributed by atoms with van der Waals surface area (Å²) in [5.74, 6) is 2.05. The van der Waals surface area contributed by atoms with Gasteiger partial charge in [0.05, 0.1) is 6.61 Å². The second kappa shape index (κ2) is 5.04. The molecule has 0 fully saturated rings. The number of nitrogens with zero attached hydrogens (tertiary/aromatic N) is 2. The Kier molecular flexibility index (Phi) is 3.47. The monoisotopic (exact) mass is 230 g/mol. The van der Waals surface area contributed by atoms with Crippen molar-refractivity contribution in [3.63, 3.8) is 0 Å². The molecule has 0 aliphatic rings. The molecule has 1 aromatic carbocycles. The molecule has 0 radical (unpaired) electrons. The van der Waals surface area contributed by atoms with E-state index < -0.39 is 0 Å². The minimum absolute atomic E-state index is 0.663. The van der Waals surface area contributed by atoms with Crippen LogP contribution in [0.3, 0.4) is 0 Å². The molecule has 17 heavy (non-hydrogen) atoms. The van der Waals surface area contributed by atoms with E-state index in [-0.39, 0.29) is 0 Å². The van der Waals surface area contributed by atoms with E-state index in [4.69, 9.17) is 4.74 Å². The number of aromatic nitrogens is 2. The first kappa shape index (κ1) is 11.7. The van der Waals surface area contributed by atoms with Gasteiger partial charge in [-0.05, 0) is 25.0 Å². The Hall–Kier alpha value is -1.77. The molecular formula is C14H18N2O. The molecule has 2 rings (SSSR count). The molecule has 3 heteroatoms. The lowest BCUT2D eigenvalue weighted by Gasteiger charge is -2.11. The smallest absolute Gasteiger partial charge is 0.125 e. The van der Waals surface area contributed by atoms with Crippen molar-refractivity contribution in [2.24, 2.45) is 7.05 Å². The summed E-state index contributed by atoms with van der Waals surface area (Å²) < 4.78 is 7.86. The maximum absolute atomic E-state index is 5.84. The molecule has 90 valence electrons. The molecule has 1 heterocycles. The van der Waals surface area contributed by atoms with Gasteiger partial charge in [-0.2, -0.15) is 0 Å². The van der Waals surface area contributed by atoms with Gasteiger partial charge in [0.15, 0.2) is 0 Å². The number of para-hydroxylation sites is 1. The quantitative estimate of drug-likeness (QED) is 0.807. The molecule has 2 aromatic rings. The number of hydrogen-bond donors (Lipinski definition) is 0. The summed E-state index contributed by atoms with van der Waals surface area (Å²) in [6.07, 6.45) is 4.60. The highest BCUT2D eigenvalue weighted by Crippen LogP contribution is 2.22. The van der Waals surface area contributed by atoms with Crippen LogP contribution in [0, 0.1) is 13.8 Å². The second-order valence-electron chi connectivity index (χ2n) is 4.27. The second-order valence-corrected chi connectivity index (χ2v) is 4.27. The Bertz CT molecular complexity index is 482. The zero-order valence-corrected chi connectivity index (χ0v) is 10.6. The minimum Gasteiger partial charge on any atom is -0.493 e. The van der Waals surface area contributed by atoms with Crippen molar-refractivity contribution < 1.29 is 4.74 Å². The summed E-state index contributed by atoms with van der Waals surface area (Å²) in [4.78, 5) is 4.27. The Morgan fingerprint density at radius 1 is 1.24 bits per heavy atom. The third kappa shape index (κ3) is 2.67. The number of rotatable bonds is 4. The Labute approximate surface area is 102 Å². The first-order valence-corrected chi connectivity index (χ1v) is 5.83. The highest BCUT2D eigenvalue weighted by Gasteiger charge is 2.04. The maximum Gasteiger partial charge on any atom is 0.125 e. The lowest BCUT2D eigenvalue weighted by molar-refractivity contribution is 0.313. The van der Waals surface area contributed by atoms with Crippen LogP contribution in [0.5, 0.6) is 5.75 Å². The molecular weight excluding hydrogens is 212 g/mol. The van der Waals surface area contributed by atoms with E-state index in [0.717, 1.165) is 18.0 Å². The van der Waals surface area contributed by atoms with Gasteiger partial charge in [-0.3, -0.25) is 0 Å². The third-order valence-electron chi connectivity index (χ3n) is 2.90. The third-order valence-corrected chi connectivity index (χ3v) is 2.90. The van der Waals surface area contributed by atoms with E-state index in [2.05, 4.69) is 37.0 Å². The van der Waals surface area contributed by atoms with Crippen LogP contribution >= 0.6 is 0 Å². The molecule has 3 nitrogen and oxygen atoms in total. The van der Waals surface area contributed by atoms with Crippen LogP contribution in [0.1, 0.15) is 17.0 Å². The molecule has 0 bridgehead atoms. The van der Waals surface area contributed by atoms with Crippen LogP contribution in [-0.2, 0) is 13.5 Å². The molecule has 0 atom stereocenters. The van der Waals surface area contributed by atoms with Crippen molar-refractivity contribution >= 4 is 0 Å². The molecule has 0 N–H and O–H groups in total. The number of aryl methyl sites for hydroxylation is 3. The van der Waals surface area contributed by atoms with Gasteiger partial charge in [0.2, 0.25) is 0 Å². The van der Waals surface area contributed by atoms with Crippen molar-refractivity contribution in [1.29, 1.82) is 0 Å². The van der Waals surface area contributed by atoms with Gasteiger partial charge in [-0.15, -0.1) is 0 Å². The number of benzene rings is 1. The molecule has 0 saturated heterocycles. The lowest BCUT2D eigenvalue weighted by atomic mass is 10.1. The van der Waals surface area contributed by atoms with Crippen LogP contribution < -0.4 is 4.74 Å². The molecule has 0 aliphatic heterocycles. The highest BCUT2D eigenvalue weighted by molar-refractivity contribution is 5.39. The standard InChI is InChI=1S/C14H18N2O/c1-11-5-4-6-12(2)14(11)17-10-7-13-15-8-9-16(13)3/h4-6,8-9H,7,10H2,1-3H3. The van der Waals surface area contributed by atoms with E-state index in [0.29, 0.717) is 6.61 Å². The summed E-state index contributed by atoms with van der Waals surface area (Å²) in [6.45, 7) is 4.81. The zero-order valence-electron chi connectivity index (χ0n) is 10.6. The van der Waals surface area contributed by atoms with Crippen LogP contribution in [0.15, 0.2) is 30.6 Å². The Balaban J connectivity index is 1.97. The number of hydrogen-bond acceptors (Lipinski definition) is 2. The van der Waals surface area contributed by atoms with Crippen LogP contribution in [-0.4, -0.2) is 16.2 Å². The molecule has 1 aromatic heterocycles. The van der Waals surface area contributed by atoms with E-state index in [1.165, 1.54) is 11.1 Å². The van der Waals surface area contributed by atoms with Crippen molar-refractivity contribution in [3.05, 3.63) is 47.5 Å². The average molecular weight is 230 g/mol.